The van der Waals surface area contributed by atoms with Crippen LogP contribution in [0.2, 0.25) is 0 Å². The zero-order chi connectivity index (χ0) is 10.4. The van der Waals surface area contributed by atoms with Gasteiger partial charge in [-0.1, -0.05) is 19.9 Å². The summed E-state index contributed by atoms with van der Waals surface area (Å²) in [5, 5.41) is 5.50. The first kappa shape index (κ1) is 10.8. The Bertz CT molecular complexity index is 393. The molecule has 1 N–H and O–H groups in total. The molecule has 0 atom stereocenters. The minimum atomic E-state index is 0.936. The largest absolute Gasteiger partial charge is 0.388 e. The molecule has 0 aliphatic carbocycles. The lowest BCUT2D eigenvalue weighted by Crippen LogP contribution is -2.27. The number of benzene rings is 1. The third-order valence-electron chi connectivity index (χ3n) is 2.09. The number of hydrogen-bond acceptors (Lipinski definition) is 2. The van der Waals surface area contributed by atoms with Crippen LogP contribution in [0, 0.1) is 0 Å². The predicted octanol–water partition coefficient (Wildman–Crippen LogP) is 1.56. The Labute approximate surface area is 85.4 Å². The second-order valence-electron chi connectivity index (χ2n) is 2.90. The van der Waals surface area contributed by atoms with Crippen molar-refractivity contribution in [3.05, 3.63) is 28.8 Å². The number of fused-ring (bicyclic) bond motifs is 1. The minimum Gasteiger partial charge on any atom is -0.388 e. The lowest BCUT2D eigenvalue weighted by atomic mass is 10.2. The van der Waals surface area contributed by atoms with Gasteiger partial charge in [0.2, 0.25) is 0 Å². The first-order valence-corrected chi connectivity index (χ1v) is 5.22. The van der Waals surface area contributed by atoms with Gasteiger partial charge in [-0.25, -0.2) is 0 Å². The second-order valence-corrected chi connectivity index (χ2v) is 2.90. The smallest absolute Gasteiger partial charge is 0.0645 e. The molecule has 0 aromatic heterocycles. The van der Waals surface area contributed by atoms with E-state index in [1.807, 2.05) is 20.9 Å². The van der Waals surface area contributed by atoms with E-state index in [2.05, 4.69) is 34.6 Å². The van der Waals surface area contributed by atoms with Crippen LogP contribution < -0.4 is 15.9 Å². The average Bonchev–Trinajstić information content (AvgIpc) is 2.31. The molecule has 1 heterocycles. The van der Waals surface area contributed by atoms with Crippen LogP contribution in [-0.4, -0.2) is 13.6 Å². The molecule has 2 nitrogen and oxygen atoms in total. The van der Waals surface area contributed by atoms with Crippen LogP contribution in [-0.2, 0) is 0 Å². The third-order valence-corrected chi connectivity index (χ3v) is 2.09. The maximum absolute atomic E-state index is 4.41. The van der Waals surface area contributed by atoms with Crippen molar-refractivity contribution in [3.8, 4) is 0 Å². The molecule has 1 aromatic rings. The molecular weight excluding hydrogens is 172 g/mol. The quantitative estimate of drug-likeness (QED) is 0.714. The summed E-state index contributed by atoms with van der Waals surface area (Å²) in [6.45, 7) is 4.94. The van der Waals surface area contributed by atoms with Crippen molar-refractivity contribution in [2.45, 2.75) is 20.3 Å². The van der Waals surface area contributed by atoms with E-state index in [0.29, 0.717) is 0 Å². The normalized spacial score (nSPS) is 12.5. The van der Waals surface area contributed by atoms with Crippen LogP contribution in [0.1, 0.15) is 20.3 Å². The molecule has 14 heavy (non-hydrogen) atoms. The maximum atomic E-state index is 4.41. The van der Waals surface area contributed by atoms with Crippen LogP contribution >= 0.6 is 0 Å². The summed E-state index contributed by atoms with van der Waals surface area (Å²) >= 11 is 0. The van der Waals surface area contributed by atoms with Gasteiger partial charge in [0.25, 0.3) is 0 Å². The van der Waals surface area contributed by atoms with E-state index in [-0.39, 0.29) is 0 Å². The summed E-state index contributed by atoms with van der Waals surface area (Å²) in [4.78, 5) is 4.41. The van der Waals surface area contributed by atoms with Gasteiger partial charge in [0.15, 0.2) is 0 Å². The molecule has 1 aromatic carbocycles. The molecule has 1 aliphatic heterocycles. The van der Waals surface area contributed by atoms with E-state index in [1.54, 1.807) is 0 Å². The molecule has 0 fully saturated rings. The van der Waals surface area contributed by atoms with Gasteiger partial charge < -0.3 is 5.32 Å². The highest BCUT2D eigenvalue weighted by Crippen LogP contribution is 1.98. The van der Waals surface area contributed by atoms with Gasteiger partial charge in [-0.15, -0.1) is 0 Å². The second kappa shape index (κ2) is 5.43. The van der Waals surface area contributed by atoms with E-state index in [9.17, 15) is 0 Å². The molecule has 0 radical (unpaired) electrons. The first-order valence-electron chi connectivity index (χ1n) is 5.22. The van der Waals surface area contributed by atoms with E-state index >= 15 is 0 Å². The molecule has 0 saturated carbocycles. The van der Waals surface area contributed by atoms with Gasteiger partial charge in [0, 0.05) is 19.3 Å². The highest BCUT2D eigenvalue weighted by Gasteiger charge is 1.94. The van der Waals surface area contributed by atoms with Crippen molar-refractivity contribution in [2.24, 2.45) is 4.99 Å². The minimum absolute atomic E-state index is 0.936. The molecule has 0 spiro atoms. The summed E-state index contributed by atoms with van der Waals surface area (Å²) in [7, 11) is 1.93. The Balaban J connectivity index is 0.000000461. The molecule has 1 aliphatic rings. The Morgan fingerprint density at radius 3 is 2.79 bits per heavy atom. The topological polar surface area (TPSA) is 24.4 Å². The third kappa shape index (κ3) is 2.34. The van der Waals surface area contributed by atoms with Gasteiger partial charge >= 0.3 is 0 Å². The summed E-state index contributed by atoms with van der Waals surface area (Å²) in [5.41, 5.74) is 1.15. The fourth-order valence-electron chi connectivity index (χ4n) is 1.42. The van der Waals surface area contributed by atoms with Crippen molar-refractivity contribution in [3.63, 3.8) is 0 Å². The Morgan fingerprint density at radius 1 is 1.29 bits per heavy atom. The summed E-state index contributed by atoms with van der Waals surface area (Å²) in [6, 6.07) is 6.26. The SMILES string of the molecule is CC.CNc1ccc2c(c1)=CCCN=2. The van der Waals surface area contributed by atoms with E-state index in [4.69, 9.17) is 0 Å². The molecule has 0 bridgehead atoms. The first-order chi connectivity index (χ1) is 6.90. The lowest BCUT2D eigenvalue weighted by molar-refractivity contribution is 0.960. The van der Waals surface area contributed by atoms with Gasteiger partial charge in [-0.3, -0.25) is 4.99 Å². The molecule has 2 rings (SSSR count). The number of nitrogens with one attached hydrogen (secondary N) is 1. The maximum Gasteiger partial charge on any atom is 0.0645 e. The number of nitrogens with zero attached hydrogens (tertiary/aromatic N) is 1. The monoisotopic (exact) mass is 190 g/mol. The van der Waals surface area contributed by atoms with Crippen LogP contribution in [0.15, 0.2) is 23.2 Å². The average molecular weight is 190 g/mol. The zero-order valence-corrected chi connectivity index (χ0v) is 9.17. The van der Waals surface area contributed by atoms with Crippen LogP contribution in [0.3, 0.4) is 0 Å². The Morgan fingerprint density at radius 2 is 2.07 bits per heavy atom. The van der Waals surface area contributed by atoms with E-state index in [1.165, 1.54) is 5.22 Å². The van der Waals surface area contributed by atoms with E-state index in [0.717, 1.165) is 24.0 Å². The lowest BCUT2D eigenvalue weighted by Gasteiger charge is -2.02. The van der Waals surface area contributed by atoms with Crippen molar-refractivity contribution in [1.82, 2.24) is 0 Å². The fraction of sp³-hybridized carbons (Fsp3) is 0.417. The van der Waals surface area contributed by atoms with Crippen molar-refractivity contribution in [1.29, 1.82) is 0 Å². The molecule has 0 saturated heterocycles. The fourth-order valence-corrected chi connectivity index (χ4v) is 1.42. The van der Waals surface area contributed by atoms with Crippen molar-refractivity contribution < 1.29 is 0 Å². The van der Waals surface area contributed by atoms with Crippen LogP contribution in [0.25, 0.3) is 6.08 Å². The standard InChI is InChI=1S/C10H12N2.C2H6/c1-11-9-4-5-10-8(7-9)3-2-6-12-10;1-2/h3-5,7,11H,2,6H2,1H3;1-2H3. The van der Waals surface area contributed by atoms with Crippen LogP contribution in [0.4, 0.5) is 5.69 Å². The number of rotatable bonds is 1. The predicted molar refractivity (Wildman–Crippen MR) is 62.1 cm³/mol. The number of anilines is 1. The van der Waals surface area contributed by atoms with Gasteiger partial charge in [0.05, 0.1) is 5.36 Å². The molecule has 0 unspecified atom stereocenters. The van der Waals surface area contributed by atoms with Crippen molar-refractivity contribution >= 4 is 11.8 Å². The molecule has 0 amide bonds. The molecular formula is C12H18N2. The molecule has 2 heteroatoms. The summed E-state index contributed by atoms with van der Waals surface area (Å²) in [6.07, 6.45) is 3.31. The summed E-state index contributed by atoms with van der Waals surface area (Å²) in [5.74, 6) is 0. The van der Waals surface area contributed by atoms with Crippen LogP contribution in [0.5, 0.6) is 0 Å². The number of hydrogen-bond donors (Lipinski definition) is 1. The van der Waals surface area contributed by atoms with Gasteiger partial charge in [-0.2, -0.15) is 0 Å². The highest BCUT2D eigenvalue weighted by atomic mass is 14.8. The Hall–Kier alpha value is -1.31. The highest BCUT2D eigenvalue weighted by molar-refractivity contribution is 5.44. The van der Waals surface area contributed by atoms with Crippen molar-refractivity contribution in [2.75, 3.05) is 18.9 Å². The zero-order valence-electron chi connectivity index (χ0n) is 9.17. The van der Waals surface area contributed by atoms with Gasteiger partial charge in [-0.05, 0) is 29.8 Å². The Kier molecular flexibility index (Phi) is 4.17. The van der Waals surface area contributed by atoms with E-state index < -0.39 is 0 Å². The molecule has 76 valence electrons. The summed E-state index contributed by atoms with van der Waals surface area (Å²) < 4.78 is 0. The van der Waals surface area contributed by atoms with Gasteiger partial charge in [0.1, 0.15) is 0 Å².